The van der Waals surface area contributed by atoms with E-state index in [4.69, 9.17) is 0 Å². The van der Waals surface area contributed by atoms with Crippen LogP contribution >= 0.6 is 0 Å². The van der Waals surface area contributed by atoms with Gasteiger partial charge in [0.15, 0.2) is 11.2 Å². The van der Waals surface area contributed by atoms with Gasteiger partial charge in [-0.3, -0.25) is 19.0 Å². The topological polar surface area (TPSA) is 90.5 Å². The highest BCUT2D eigenvalue weighted by atomic mass is 16.2. The number of imidazole rings is 1. The molecule has 126 valence electrons. The summed E-state index contributed by atoms with van der Waals surface area (Å²) in [4.78, 5) is 31.6. The summed E-state index contributed by atoms with van der Waals surface area (Å²) in [6, 6.07) is 9.57. The number of H-pyrrole nitrogens is 1. The molecule has 0 radical (unpaired) electrons. The van der Waals surface area contributed by atoms with E-state index >= 15 is 0 Å². The van der Waals surface area contributed by atoms with Gasteiger partial charge in [0.1, 0.15) is 5.82 Å². The summed E-state index contributed by atoms with van der Waals surface area (Å²) >= 11 is 0. The number of hydrogen-bond acceptors (Lipinski definition) is 4. The zero-order valence-corrected chi connectivity index (χ0v) is 13.8. The molecule has 8 nitrogen and oxygen atoms in total. The van der Waals surface area contributed by atoms with Crippen LogP contribution < -0.4 is 11.2 Å². The Labute approximate surface area is 142 Å². The number of aromatic amines is 1. The maximum Gasteiger partial charge on any atom is 0.330 e. The molecule has 1 N–H and O–H groups in total. The second-order valence-corrected chi connectivity index (χ2v) is 5.90. The summed E-state index contributed by atoms with van der Waals surface area (Å²) in [5.41, 5.74) is 1.52. The van der Waals surface area contributed by atoms with Gasteiger partial charge in [0.05, 0.1) is 18.3 Å². The van der Waals surface area contributed by atoms with Gasteiger partial charge in [-0.15, -0.1) is 0 Å². The van der Waals surface area contributed by atoms with Gasteiger partial charge in [-0.05, 0) is 5.56 Å². The second kappa shape index (κ2) is 5.59. The van der Waals surface area contributed by atoms with Crippen LogP contribution in [0.4, 0.5) is 0 Å². The molecule has 0 amide bonds. The quantitative estimate of drug-likeness (QED) is 0.601. The second-order valence-electron chi connectivity index (χ2n) is 5.90. The molecule has 0 aliphatic rings. The SMILES string of the molecule is Cn1cc(-c2nc3c(c(=O)[nH]c(=O)n3Cc3ccccc3)n2C)cn1. The fraction of sp³-hybridized carbons (Fsp3) is 0.176. The lowest BCUT2D eigenvalue weighted by Gasteiger charge is -2.06. The zero-order valence-electron chi connectivity index (χ0n) is 13.8. The minimum absolute atomic E-state index is 0.330. The van der Waals surface area contributed by atoms with E-state index in [-0.39, 0.29) is 0 Å². The Hall–Kier alpha value is -3.42. The molecule has 0 saturated heterocycles. The van der Waals surface area contributed by atoms with Gasteiger partial charge in [-0.2, -0.15) is 5.10 Å². The van der Waals surface area contributed by atoms with Crippen LogP contribution in [0.2, 0.25) is 0 Å². The van der Waals surface area contributed by atoms with Gasteiger partial charge < -0.3 is 4.57 Å². The summed E-state index contributed by atoms with van der Waals surface area (Å²) in [5, 5.41) is 4.14. The van der Waals surface area contributed by atoms with E-state index in [0.717, 1.165) is 11.1 Å². The molecule has 3 aromatic heterocycles. The van der Waals surface area contributed by atoms with Crippen LogP contribution in [-0.4, -0.2) is 28.9 Å². The van der Waals surface area contributed by atoms with Crippen LogP contribution in [0.1, 0.15) is 5.56 Å². The molecule has 0 aliphatic carbocycles. The van der Waals surface area contributed by atoms with Gasteiger partial charge >= 0.3 is 5.69 Å². The van der Waals surface area contributed by atoms with Crippen molar-refractivity contribution in [3.05, 3.63) is 69.1 Å². The Kier molecular flexibility index (Phi) is 3.38. The smallest absolute Gasteiger partial charge is 0.321 e. The van der Waals surface area contributed by atoms with Crippen molar-refractivity contribution in [1.29, 1.82) is 0 Å². The molecule has 25 heavy (non-hydrogen) atoms. The van der Waals surface area contributed by atoms with Gasteiger partial charge in [-0.1, -0.05) is 30.3 Å². The molecule has 0 spiro atoms. The first-order valence-electron chi connectivity index (χ1n) is 7.77. The third-order valence-electron chi connectivity index (χ3n) is 4.16. The molecule has 3 heterocycles. The number of rotatable bonds is 3. The molecule has 0 atom stereocenters. The van der Waals surface area contributed by atoms with E-state index in [0.29, 0.717) is 23.5 Å². The van der Waals surface area contributed by atoms with Crippen molar-refractivity contribution in [3.8, 4) is 11.4 Å². The number of nitrogens with zero attached hydrogens (tertiary/aromatic N) is 5. The van der Waals surface area contributed by atoms with E-state index < -0.39 is 11.2 Å². The minimum Gasteiger partial charge on any atom is -0.321 e. The van der Waals surface area contributed by atoms with Crippen molar-refractivity contribution in [2.75, 3.05) is 0 Å². The van der Waals surface area contributed by atoms with E-state index in [9.17, 15) is 9.59 Å². The molecule has 4 rings (SSSR count). The molecule has 4 aromatic rings. The third-order valence-corrected chi connectivity index (χ3v) is 4.16. The van der Waals surface area contributed by atoms with E-state index in [1.165, 1.54) is 4.57 Å². The maximum absolute atomic E-state index is 12.4. The van der Waals surface area contributed by atoms with Crippen molar-refractivity contribution in [2.24, 2.45) is 14.1 Å². The largest absolute Gasteiger partial charge is 0.330 e. The van der Waals surface area contributed by atoms with Crippen molar-refractivity contribution >= 4 is 11.2 Å². The Balaban J connectivity index is 1.97. The van der Waals surface area contributed by atoms with Crippen LogP contribution in [0.5, 0.6) is 0 Å². The van der Waals surface area contributed by atoms with Gasteiger partial charge in [0.2, 0.25) is 0 Å². The number of fused-ring (bicyclic) bond motifs is 1. The first kappa shape index (κ1) is 15.1. The summed E-state index contributed by atoms with van der Waals surface area (Å²) in [6.07, 6.45) is 3.49. The highest BCUT2D eigenvalue weighted by Gasteiger charge is 2.18. The Morgan fingerprint density at radius 2 is 1.88 bits per heavy atom. The van der Waals surface area contributed by atoms with Gasteiger partial charge in [0, 0.05) is 20.3 Å². The summed E-state index contributed by atoms with van der Waals surface area (Å²) in [5.74, 6) is 0.584. The minimum atomic E-state index is -0.475. The average Bonchev–Trinajstić information content (AvgIpc) is 3.16. The summed E-state index contributed by atoms with van der Waals surface area (Å²) in [7, 11) is 3.56. The Morgan fingerprint density at radius 3 is 2.56 bits per heavy atom. The third kappa shape index (κ3) is 2.47. The van der Waals surface area contributed by atoms with E-state index in [1.54, 1.807) is 22.5 Å². The molecule has 8 heteroatoms. The standard InChI is InChI=1S/C17H16N6O2/c1-21-10-12(8-18-21)14-19-15-13(22(14)2)16(24)20-17(25)23(15)9-11-6-4-3-5-7-11/h3-8,10H,9H2,1-2H3,(H,20,24,25). The Morgan fingerprint density at radius 1 is 1.12 bits per heavy atom. The number of benzene rings is 1. The predicted molar refractivity (Wildman–Crippen MR) is 93.3 cm³/mol. The van der Waals surface area contributed by atoms with E-state index in [2.05, 4.69) is 15.1 Å². The van der Waals surface area contributed by atoms with Crippen LogP contribution in [0, 0.1) is 0 Å². The molecular weight excluding hydrogens is 320 g/mol. The highest BCUT2D eigenvalue weighted by molar-refractivity contribution is 5.76. The number of hydrogen-bond donors (Lipinski definition) is 1. The van der Waals surface area contributed by atoms with E-state index in [1.807, 2.05) is 43.6 Å². The van der Waals surface area contributed by atoms with Gasteiger partial charge in [0.25, 0.3) is 5.56 Å². The highest BCUT2D eigenvalue weighted by Crippen LogP contribution is 2.20. The number of aryl methyl sites for hydroxylation is 2. The monoisotopic (exact) mass is 336 g/mol. The summed E-state index contributed by atoms with van der Waals surface area (Å²) < 4.78 is 4.83. The van der Waals surface area contributed by atoms with Crippen molar-refractivity contribution in [2.45, 2.75) is 6.54 Å². The Bertz CT molecular complexity index is 1180. The van der Waals surface area contributed by atoms with Gasteiger partial charge in [-0.25, -0.2) is 9.78 Å². The molecule has 0 unspecified atom stereocenters. The van der Waals surface area contributed by atoms with Crippen LogP contribution in [0.3, 0.4) is 0 Å². The van der Waals surface area contributed by atoms with Crippen LogP contribution in [0.15, 0.2) is 52.3 Å². The molecule has 0 fully saturated rings. The average molecular weight is 336 g/mol. The fourth-order valence-corrected chi connectivity index (χ4v) is 2.95. The summed E-state index contributed by atoms with van der Waals surface area (Å²) in [6.45, 7) is 0.330. The van der Waals surface area contributed by atoms with Crippen molar-refractivity contribution < 1.29 is 0 Å². The normalized spacial score (nSPS) is 11.3. The number of aromatic nitrogens is 6. The molecule has 0 bridgehead atoms. The van der Waals surface area contributed by atoms with Crippen molar-refractivity contribution in [1.82, 2.24) is 28.9 Å². The lowest BCUT2D eigenvalue weighted by Crippen LogP contribution is -2.31. The molecule has 1 aromatic carbocycles. The molecule has 0 saturated carbocycles. The molecule has 0 aliphatic heterocycles. The first-order valence-corrected chi connectivity index (χ1v) is 7.77. The fourth-order valence-electron chi connectivity index (χ4n) is 2.95. The maximum atomic E-state index is 12.4. The lowest BCUT2D eigenvalue weighted by atomic mass is 10.2. The first-order chi connectivity index (χ1) is 12.0. The lowest BCUT2D eigenvalue weighted by molar-refractivity contribution is 0.747. The zero-order chi connectivity index (χ0) is 17.6. The van der Waals surface area contributed by atoms with Crippen LogP contribution in [0.25, 0.3) is 22.6 Å². The predicted octanol–water partition coefficient (Wildman–Crippen LogP) is 0.872. The van der Waals surface area contributed by atoms with Crippen LogP contribution in [-0.2, 0) is 20.6 Å². The molecular formula is C17H16N6O2. The van der Waals surface area contributed by atoms with Crippen molar-refractivity contribution in [3.63, 3.8) is 0 Å². The number of nitrogens with one attached hydrogen (secondary N) is 1.